The Hall–Kier alpha value is -1.28. The maximum absolute atomic E-state index is 11.9. The Kier molecular flexibility index (Phi) is 6.52. The summed E-state index contributed by atoms with van der Waals surface area (Å²) in [5.74, 6) is -0.101. The van der Waals surface area contributed by atoms with Crippen molar-refractivity contribution in [3.63, 3.8) is 0 Å². The second-order valence-electron chi connectivity index (χ2n) is 8.33. The van der Waals surface area contributed by atoms with E-state index in [0.717, 1.165) is 12.0 Å². The highest BCUT2D eigenvalue weighted by molar-refractivity contribution is 7.85. The molecule has 1 aromatic rings. The van der Waals surface area contributed by atoms with E-state index in [9.17, 15) is 18.3 Å². The summed E-state index contributed by atoms with van der Waals surface area (Å²) in [5.41, 5.74) is -0.162. The van der Waals surface area contributed by atoms with Crippen LogP contribution in [-0.2, 0) is 14.9 Å². The second kappa shape index (κ2) is 7.99. The molecule has 152 valence electrons. The lowest BCUT2D eigenvalue weighted by molar-refractivity contribution is -0.128. The van der Waals surface area contributed by atoms with E-state index in [1.54, 1.807) is 0 Å². The molecule has 7 heteroatoms. The lowest BCUT2D eigenvalue weighted by atomic mass is 9.70. The van der Waals surface area contributed by atoms with Crippen LogP contribution in [-0.4, -0.2) is 42.7 Å². The molecular weight excluding hydrogens is 366 g/mol. The van der Waals surface area contributed by atoms with Crippen molar-refractivity contribution in [3.8, 4) is 0 Å². The van der Waals surface area contributed by atoms with Crippen molar-refractivity contribution in [1.29, 1.82) is 0 Å². The molecule has 0 aliphatic heterocycles. The molecule has 2 aliphatic rings. The third-order valence-corrected chi connectivity index (χ3v) is 7.50. The third kappa shape index (κ3) is 4.42. The molecule has 4 atom stereocenters. The van der Waals surface area contributed by atoms with Crippen LogP contribution >= 0.6 is 0 Å². The first-order valence-electron chi connectivity index (χ1n) is 9.33. The number of aliphatic hydroxyl groups is 1. The van der Waals surface area contributed by atoms with Crippen molar-refractivity contribution in [3.05, 3.63) is 35.9 Å². The number of nitrogens with one attached hydrogen (secondary N) is 1. The van der Waals surface area contributed by atoms with Crippen LogP contribution in [0.3, 0.4) is 0 Å². The fourth-order valence-electron chi connectivity index (χ4n) is 4.52. The van der Waals surface area contributed by atoms with Crippen LogP contribution in [0, 0.1) is 16.7 Å². The Morgan fingerprint density at radius 1 is 1.26 bits per heavy atom. The molecule has 0 heterocycles. The maximum atomic E-state index is 11.9. The van der Waals surface area contributed by atoms with Gasteiger partial charge in [-0.25, -0.2) is 0 Å². The summed E-state index contributed by atoms with van der Waals surface area (Å²) in [7, 11) is -2.23. The molecule has 6 nitrogen and oxygen atoms in total. The maximum Gasteiger partial charge on any atom is 0.265 e. The largest absolute Gasteiger partial charge is 0.387 e. The highest BCUT2D eigenvalue weighted by atomic mass is 32.2. The van der Waals surface area contributed by atoms with E-state index in [2.05, 4.69) is 5.32 Å². The van der Waals surface area contributed by atoms with E-state index < -0.39 is 27.4 Å². The molecule has 0 saturated heterocycles. The molecular formula is C20H31NO5S. The van der Waals surface area contributed by atoms with Crippen molar-refractivity contribution in [2.24, 2.45) is 16.7 Å². The van der Waals surface area contributed by atoms with Crippen molar-refractivity contribution < 1.29 is 22.9 Å². The van der Waals surface area contributed by atoms with Gasteiger partial charge in [0.25, 0.3) is 10.1 Å². The van der Waals surface area contributed by atoms with Crippen LogP contribution in [0.25, 0.3) is 0 Å². The lowest BCUT2D eigenvalue weighted by Gasteiger charge is -2.35. The molecule has 0 amide bonds. The lowest BCUT2D eigenvalue weighted by Crippen LogP contribution is -2.42. The number of fused-ring (bicyclic) bond motifs is 2. The number of hydrogen-bond donors (Lipinski definition) is 3. The van der Waals surface area contributed by atoms with Gasteiger partial charge in [0, 0.05) is 12.5 Å². The number of carbonyl (C=O) groups is 1. The molecule has 3 N–H and O–H groups in total. The van der Waals surface area contributed by atoms with Gasteiger partial charge < -0.3 is 10.4 Å². The first-order valence-corrected chi connectivity index (χ1v) is 10.9. The number of carbonyl (C=O) groups excluding carboxylic acids is 1. The van der Waals surface area contributed by atoms with Gasteiger partial charge >= 0.3 is 0 Å². The minimum absolute atomic E-state index is 0.0152. The number of aliphatic hydroxyl groups excluding tert-OH is 1. The van der Waals surface area contributed by atoms with E-state index in [-0.39, 0.29) is 23.2 Å². The summed E-state index contributed by atoms with van der Waals surface area (Å²) in [6, 6.07) is 9.76. The van der Waals surface area contributed by atoms with Crippen LogP contribution in [0.5, 0.6) is 0 Å². The zero-order valence-electron chi connectivity index (χ0n) is 16.5. The predicted molar refractivity (Wildman–Crippen MR) is 105 cm³/mol. The summed E-state index contributed by atoms with van der Waals surface area (Å²) in [6.07, 6.45) is 1.55. The second-order valence-corrected chi connectivity index (χ2v) is 9.78. The molecule has 2 aliphatic carbocycles. The summed E-state index contributed by atoms with van der Waals surface area (Å²) < 4.78 is 31.0. The molecule has 1 aromatic carbocycles. The standard InChI is InChI=1S/C10H15NO.C10H16O4S/c1-8(11-2)10(12)9-6-4-3-5-7-9;1-9(2)7-3-4-10(9,8(11)5-7)6-15(12,13)14/h3-8,10-12H,1-2H3;7H,3-6H2,1-2H3,(H,12,13,14). The molecule has 27 heavy (non-hydrogen) atoms. The Bertz CT molecular complexity index is 762. The van der Waals surface area contributed by atoms with Gasteiger partial charge in [0.2, 0.25) is 0 Å². The van der Waals surface area contributed by atoms with Crippen molar-refractivity contribution in [1.82, 2.24) is 5.32 Å². The molecule has 2 saturated carbocycles. The topological polar surface area (TPSA) is 104 Å². The van der Waals surface area contributed by atoms with Crippen LogP contribution in [0.1, 0.15) is 51.7 Å². The van der Waals surface area contributed by atoms with Crippen molar-refractivity contribution in [2.45, 2.75) is 52.2 Å². The number of likely N-dealkylation sites (N-methyl/N-ethyl adjacent to an activating group) is 1. The molecule has 2 fully saturated rings. The quantitative estimate of drug-likeness (QED) is 0.660. The minimum Gasteiger partial charge on any atom is -0.387 e. The zero-order chi connectivity index (χ0) is 20.5. The number of Topliss-reactive ketones (excluding diaryl/α,β-unsaturated/α-hetero) is 1. The van der Waals surface area contributed by atoms with Crippen LogP contribution < -0.4 is 5.32 Å². The summed E-state index contributed by atoms with van der Waals surface area (Å²) in [6.45, 7) is 5.85. The minimum atomic E-state index is -4.08. The smallest absolute Gasteiger partial charge is 0.265 e. The molecule has 0 radical (unpaired) electrons. The van der Waals surface area contributed by atoms with Crippen molar-refractivity contribution in [2.75, 3.05) is 12.8 Å². The van der Waals surface area contributed by atoms with Gasteiger partial charge in [0.05, 0.1) is 17.3 Å². The predicted octanol–water partition coefficient (Wildman–Crippen LogP) is 2.60. The van der Waals surface area contributed by atoms with E-state index in [4.69, 9.17) is 4.55 Å². The molecule has 3 rings (SSSR count). The summed E-state index contributed by atoms with van der Waals surface area (Å²) in [5, 5.41) is 12.7. The Balaban J connectivity index is 0.000000199. The number of rotatable bonds is 5. The first kappa shape index (κ1) is 22.0. The van der Waals surface area contributed by atoms with Gasteiger partial charge in [0.15, 0.2) is 0 Å². The van der Waals surface area contributed by atoms with Gasteiger partial charge in [-0.1, -0.05) is 44.2 Å². The van der Waals surface area contributed by atoms with Gasteiger partial charge in [-0.05, 0) is 43.7 Å². The zero-order valence-corrected chi connectivity index (χ0v) is 17.3. The van der Waals surface area contributed by atoms with E-state index in [1.165, 1.54) is 0 Å². The van der Waals surface area contributed by atoms with Crippen LogP contribution in [0.15, 0.2) is 30.3 Å². The number of hydrogen-bond acceptors (Lipinski definition) is 5. The van der Waals surface area contributed by atoms with Gasteiger partial charge in [0.1, 0.15) is 5.78 Å². The summed E-state index contributed by atoms with van der Waals surface area (Å²) in [4.78, 5) is 11.9. The summed E-state index contributed by atoms with van der Waals surface area (Å²) >= 11 is 0. The van der Waals surface area contributed by atoms with Gasteiger partial charge in [-0.3, -0.25) is 9.35 Å². The third-order valence-electron chi connectivity index (χ3n) is 6.64. The van der Waals surface area contributed by atoms with E-state index in [0.29, 0.717) is 12.8 Å². The highest BCUT2D eigenvalue weighted by Crippen LogP contribution is 2.64. The van der Waals surface area contributed by atoms with E-state index >= 15 is 0 Å². The van der Waals surface area contributed by atoms with Crippen LogP contribution in [0.4, 0.5) is 0 Å². The SMILES string of the molecule is CC1(C)C2CCC1(CS(=O)(=O)O)C(=O)C2.CNC(C)C(O)c1ccccc1. The molecule has 0 aromatic heterocycles. The Labute approximate surface area is 162 Å². The Morgan fingerprint density at radius 2 is 1.85 bits per heavy atom. The average Bonchev–Trinajstić information content (AvgIpc) is 2.94. The Morgan fingerprint density at radius 3 is 2.26 bits per heavy atom. The fraction of sp³-hybridized carbons (Fsp3) is 0.650. The molecule has 4 unspecified atom stereocenters. The monoisotopic (exact) mass is 397 g/mol. The highest BCUT2D eigenvalue weighted by Gasteiger charge is 2.65. The van der Waals surface area contributed by atoms with E-state index in [1.807, 2.05) is 58.2 Å². The normalized spacial score (nSPS) is 28.4. The molecule has 0 spiro atoms. The van der Waals surface area contributed by atoms with Gasteiger partial charge in [-0.2, -0.15) is 8.42 Å². The fourth-order valence-corrected chi connectivity index (χ4v) is 5.82. The van der Waals surface area contributed by atoms with Crippen molar-refractivity contribution >= 4 is 15.9 Å². The number of benzene rings is 1. The molecule has 2 bridgehead atoms. The van der Waals surface area contributed by atoms with Crippen LogP contribution in [0.2, 0.25) is 0 Å². The number of ketones is 1. The van der Waals surface area contributed by atoms with Gasteiger partial charge in [-0.15, -0.1) is 0 Å². The average molecular weight is 398 g/mol. The first-order chi connectivity index (χ1) is 12.4.